The van der Waals surface area contributed by atoms with Crippen molar-refractivity contribution < 1.29 is 38.9 Å². The van der Waals surface area contributed by atoms with Crippen LogP contribution in [0.15, 0.2) is 60.7 Å². The molecule has 4 amide bonds. The molecule has 306 valence electrons. The Hall–Kier alpha value is -6.00. The average molecular weight is 795 g/mol. The molecule has 16 heteroatoms. The maximum atomic E-state index is 13.7. The largest absolute Gasteiger partial charge is 0.453 e. The van der Waals surface area contributed by atoms with E-state index < -0.39 is 48.6 Å². The Morgan fingerprint density at radius 3 is 1.34 bits per heavy atom. The molecule has 2 saturated heterocycles. The molecule has 2 aliphatic rings. The molecular weight excluding hydrogens is 745 g/mol. The maximum Gasteiger partial charge on any atom is 0.407 e. The van der Waals surface area contributed by atoms with Crippen molar-refractivity contribution in [2.75, 3.05) is 27.3 Å². The van der Waals surface area contributed by atoms with E-state index in [9.17, 15) is 29.4 Å². The Morgan fingerprint density at radius 2 is 1.00 bits per heavy atom. The monoisotopic (exact) mass is 794 g/mol. The maximum absolute atomic E-state index is 13.7. The quantitative estimate of drug-likeness (QED) is 0.114. The third-order valence-corrected chi connectivity index (χ3v) is 11.2. The number of H-pyrrole nitrogens is 2. The third-order valence-electron chi connectivity index (χ3n) is 11.2. The van der Waals surface area contributed by atoms with Crippen molar-refractivity contribution in [2.45, 2.75) is 76.9 Å². The number of imidazole rings is 2. The first-order chi connectivity index (χ1) is 27.8. The molecule has 6 atom stereocenters. The Labute approximate surface area is 335 Å². The number of likely N-dealkylation sites (tertiary alicyclic amines) is 2. The summed E-state index contributed by atoms with van der Waals surface area (Å²) >= 11 is 0. The minimum absolute atomic E-state index is 0.208. The molecule has 2 aromatic heterocycles. The van der Waals surface area contributed by atoms with Gasteiger partial charge in [-0.2, -0.15) is 0 Å². The van der Waals surface area contributed by atoms with Crippen LogP contribution in [0.2, 0.25) is 0 Å². The van der Waals surface area contributed by atoms with Crippen molar-refractivity contribution >= 4 is 46.1 Å². The van der Waals surface area contributed by atoms with Crippen LogP contribution >= 0.6 is 0 Å². The van der Waals surface area contributed by atoms with Gasteiger partial charge in [0.1, 0.15) is 35.8 Å². The predicted molar refractivity (Wildman–Crippen MR) is 215 cm³/mol. The molecule has 5 aromatic rings. The number of nitrogens with one attached hydrogen (secondary N) is 4. The Morgan fingerprint density at radius 1 is 0.638 bits per heavy atom. The number of methoxy groups -OCH3 is 2. The van der Waals surface area contributed by atoms with Gasteiger partial charge < -0.3 is 50.1 Å². The number of hydrogen-bond donors (Lipinski definition) is 6. The van der Waals surface area contributed by atoms with E-state index in [0.29, 0.717) is 48.6 Å². The van der Waals surface area contributed by atoms with Crippen LogP contribution in [0, 0.1) is 11.8 Å². The molecule has 0 saturated carbocycles. The number of amides is 4. The zero-order valence-electron chi connectivity index (χ0n) is 33.4. The lowest BCUT2D eigenvalue weighted by molar-refractivity contribution is -0.137. The number of fused-ring (bicyclic) bond motifs is 2. The molecule has 16 nitrogen and oxygen atoms in total. The van der Waals surface area contributed by atoms with Gasteiger partial charge in [-0.1, -0.05) is 64.1 Å². The highest BCUT2D eigenvalue weighted by atomic mass is 16.5. The van der Waals surface area contributed by atoms with Crippen LogP contribution in [-0.2, 0) is 19.1 Å². The number of ether oxygens (including phenoxy) is 2. The molecule has 6 N–H and O–H groups in total. The van der Waals surface area contributed by atoms with Gasteiger partial charge in [-0.25, -0.2) is 19.6 Å². The van der Waals surface area contributed by atoms with Gasteiger partial charge in [0.2, 0.25) is 11.8 Å². The van der Waals surface area contributed by atoms with Crippen LogP contribution in [0.25, 0.3) is 44.3 Å². The molecule has 2 aliphatic heterocycles. The molecule has 3 aromatic carbocycles. The highest BCUT2D eigenvalue weighted by Crippen LogP contribution is 2.36. The lowest BCUT2D eigenvalue weighted by Crippen LogP contribution is -2.51. The molecule has 0 radical (unpaired) electrons. The summed E-state index contributed by atoms with van der Waals surface area (Å²) in [6.07, 6.45) is -2.30. The van der Waals surface area contributed by atoms with E-state index in [-0.39, 0.29) is 23.7 Å². The highest BCUT2D eigenvalue weighted by molar-refractivity contribution is 5.88. The van der Waals surface area contributed by atoms with E-state index in [4.69, 9.17) is 19.4 Å². The molecule has 0 bridgehead atoms. The van der Waals surface area contributed by atoms with Gasteiger partial charge in [0.05, 0.1) is 48.5 Å². The Kier molecular flexibility index (Phi) is 11.4. The lowest BCUT2D eigenvalue weighted by atomic mass is 10.00. The van der Waals surface area contributed by atoms with Crippen LogP contribution in [0.4, 0.5) is 9.59 Å². The van der Waals surface area contributed by atoms with Crippen LogP contribution in [-0.4, -0.2) is 116 Å². The van der Waals surface area contributed by atoms with Crippen LogP contribution < -0.4 is 10.6 Å². The normalized spacial score (nSPS) is 20.5. The number of alkyl carbamates (subject to hydrolysis) is 2. The van der Waals surface area contributed by atoms with Crippen molar-refractivity contribution in [1.82, 2.24) is 40.4 Å². The number of carbonyl (C=O) groups is 4. The minimum atomic E-state index is -0.831. The highest BCUT2D eigenvalue weighted by Gasteiger charge is 2.44. The van der Waals surface area contributed by atoms with E-state index >= 15 is 0 Å². The van der Waals surface area contributed by atoms with Gasteiger partial charge >= 0.3 is 12.2 Å². The number of aliphatic hydroxyl groups excluding tert-OH is 2. The van der Waals surface area contributed by atoms with Crippen LogP contribution in [0.5, 0.6) is 0 Å². The fourth-order valence-corrected chi connectivity index (χ4v) is 8.02. The number of aliphatic hydroxyl groups is 2. The lowest BCUT2D eigenvalue weighted by Gasteiger charge is -2.30. The van der Waals surface area contributed by atoms with E-state index in [2.05, 4.69) is 20.6 Å². The number of rotatable bonds is 10. The number of benzene rings is 3. The van der Waals surface area contributed by atoms with Crippen molar-refractivity contribution in [2.24, 2.45) is 11.8 Å². The second-order valence-corrected chi connectivity index (χ2v) is 15.7. The van der Waals surface area contributed by atoms with E-state index in [1.54, 1.807) is 9.80 Å². The average Bonchev–Trinajstić information content (AvgIpc) is 4.01. The summed E-state index contributed by atoms with van der Waals surface area (Å²) in [6.45, 7) is 7.99. The first-order valence-electron chi connectivity index (χ1n) is 19.5. The van der Waals surface area contributed by atoms with Gasteiger partial charge in [0, 0.05) is 13.1 Å². The minimum Gasteiger partial charge on any atom is -0.453 e. The molecule has 0 spiro atoms. The van der Waals surface area contributed by atoms with E-state index in [1.807, 2.05) is 88.4 Å². The Bertz CT molecular complexity index is 2160. The smallest absolute Gasteiger partial charge is 0.407 e. The van der Waals surface area contributed by atoms with Crippen molar-refractivity contribution in [3.05, 3.63) is 72.3 Å². The molecule has 58 heavy (non-hydrogen) atoms. The SMILES string of the molecule is COC(=O)N[C@H](C(=O)N1CC[C@@H](O)[C@H]1c1nc2ccc(-c3ccc(-c4ccc5nc([C@@H]6[C@H](O)CCN6C(=O)[C@@H](NC(=O)OC)C(C)C)[nH]c5c4)cc3)cc2[nH]1)C(C)C. The third kappa shape index (κ3) is 7.81. The number of carbonyl (C=O) groups excluding carboxylic acids is 4. The number of aromatic nitrogens is 4. The summed E-state index contributed by atoms with van der Waals surface area (Å²) in [7, 11) is 2.50. The summed E-state index contributed by atoms with van der Waals surface area (Å²) in [5, 5.41) is 27.2. The van der Waals surface area contributed by atoms with Gasteiger partial charge in [-0.05, 0) is 71.2 Å². The zero-order valence-corrected chi connectivity index (χ0v) is 33.4. The van der Waals surface area contributed by atoms with Gasteiger partial charge in [0.15, 0.2) is 0 Å². The summed E-state index contributed by atoms with van der Waals surface area (Å²) in [5.74, 6) is -0.104. The first-order valence-corrected chi connectivity index (χ1v) is 19.5. The number of nitrogens with zero attached hydrogens (tertiary/aromatic N) is 4. The van der Waals surface area contributed by atoms with Gasteiger partial charge in [0.25, 0.3) is 0 Å². The topological polar surface area (TPSA) is 215 Å². The predicted octanol–water partition coefficient (Wildman–Crippen LogP) is 4.80. The standard InChI is InChI=1S/C42H50N8O8/c1-21(2)33(47-41(55)57-5)39(53)49-17-15-31(51)35(49)37-43-27-13-11-25(19-29(27)45-37)23-7-9-24(10-8-23)26-12-14-28-30(20-26)46-38(44-28)36-32(52)16-18-50(36)40(54)34(22(3)4)48-42(56)58-6/h7-14,19-22,31-36,51-52H,15-18H2,1-6H3,(H,43,45)(H,44,46)(H,47,55)(H,48,56)/t31-,32-,33+,34+,35+,36+/m1/s1. The van der Waals surface area contributed by atoms with E-state index in [1.165, 1.54) is 14.2 Å². The second kappa shape index (κ2) is 16.5. The van der Waals surface area contributed by atoms with Crippen LogP contribution in [0.3, 0.4) is 0 Å². The molecule has 0 unspecified atom stereocenters. The molecule has 0 aliphatic carbocycles. The Balaban J connectivity index is 1.09. The summed E-state index contributed by atoms with van der Waals surface area (Å²) < 4.78 is 9.47. The fraction of sp³-hybridized carbons (Fsp3) is 0.429. The molecule has 4 heterocycles. The van der Waals surface area contributed by atoms with E-state index in [0.717, 1.165) is 33.3 Å². The summed E-state index contributed by atoms with van der Waals surface area (Å²) in [5.41, 5.74) is 6.72. The molecule has 7 rings (SSSR count). The van der Waals surface area contributed by atoms with Crippen molar-refractivity contribution in [1.29, 1.82) is 0 Å². The fourth-order valence-electron chi connectivity index (χ4n) is 8.02. The van der Waals surface area contributed by atoms with Crippen molar-refractivity contribution in [3.63, 3.8) is 0 Å². The number of hydrogen-bond acceptors (Lipinski definition) is 10. The van der Waals surface area contributed by atoms with Crippen LogP contribution in [0.1, 0.15) is 64.3 Å². The molecular formula is C42H50N8O8. The second-order valence-electron chi connectivity index (χ2n) is 15.7. The summed E-state index contributed by atoms with van der Waals surface area (Å²) in [6, 6.07) is 16.8. The van der Waals surface area contributed by atoms with Gasteiger partial charge in [-0.3, -0.25) is 9.59 Å². The zero-order chi connectivity index (χ0) is 41.4. The van der Waals surface area contributed by atoms with Gasteiger partial charge in [-0.15, -0.1) is 0 Å². The van der Waals surface area contributed by atoms with Crippen molar-refractivity contribution in [3.8, 4) is 22.3 Å². The summed E-state index contributed by atoms with van der Waals surface area (Å²) in [4.78, 5) is 70.7. The molecule has 2 fully saturated rings. The number of aromatic amines is 2. The first kappa shape index (κ1) is 40.2.